The molecule has 55 heavy (non-hydrogen) atoms. The van der Waals surface area contributed by atoms with Gasteiger partial charge in [0, 0.05) is 16.7 Å². The number of fused-ring (bicyclic) bond motifs is 3. The Kier molecular flexibility index (Phi) is 8.04. The summed E-state index contributed by atoms with van der Waals surface area (Å²) in [4.78, 5) is 15.4. The molecule has 0 radical (unpaired) electrons. The summed E-state index contributed by atoms with van der Waals surface area (Å²) in [5, 5.41) is 0. The van der Waals surface area contributed by atoms with Crippen molar-refractivity contribution in [1.82, 2.24) is 15.0 Å². The Labute approximate surface area is 321 Å². The molecular weight excluding hydrogens is 667 g/mol. The van der Waals surface area contributed by atoms with Crippen LogP contribution in [0.3, 0.4) is 0 Å². The van der Waals surface area contributed by atoms with Crippen molar-refractivity contribution in [1.29, 1.82) is 0 Å². The number of nitrogens with zero attached hydrogens (tertiary/aromatic N) is 3. The van der Waals surface area contributed by atoms with Gasteiger partial charge in [-0.1, -0.05) is 200 Å². The Morgan fingerprint density at radius 1 is 0.255 bits per heavy atom. The molecule has 3 nitrogen and oxygen atoms in total. The van der Waals surface area contributed by atoms with Crippen molar-refractivity contribution in [2.75, 3.05) is 0 Å². The molecule has 8 aromatic carbocycles. The molecule has 1 aliphatic rings. The molecule has 0 unspecified atom stereocenters. The smallest absolute Gasteiger partial charge is 0.164 e. The Bertz CT molecular complexity index is 2760. The summed E-state index contributed by atoms with van der Waals surface area (Å²) in [6, 6.07) is 75.3. The first-order valence-corrected chi connectivity index (χ1v) is 18.7. The molecule has 0 amide bonds. The van der Waals surface area contributed by atoms with Crippen molar-refractivity contribution in [2.45, 2.75) is 5.41 Å². The quantitative estimate of drug-likeness (QED) is 0.166. The van der Waals surface area contributed by atoms with Gasteiger partial charge in [0.25, 0.3) is 0 Å². The molecular formula is C52H35N3. The van der Waals surface area contributed by atoms with Crippen LogP contribution >= 0.6 is 0 Å². The van der Waals surface area contributed by atoms with Gasteiger partial charge in [0.2, 0.25) is 0 Å². The van der Waals surface area contributed by atoms with Crippen molar-refractivity contribution in [3.63, 3.8) is 0 Å². The van der Waals surface area contributed by atoms with E-state index in [-0.39, 0.29) is 0 Å². The van der Waals surface area contributed by atoms with Gasteiger partial charge < -0.3 is 0 Å². The summed E-state index contributed by atoms with van der Waals surface area (Å²) in [6.07, 6.45) is 0. The minimum absolute atomic E-state index is 0.470. The monoisotopic (exact) mass is 701 g/mol. The van der Waals surface area contributed by atoms with Crippen LogP contribution < -0.4 is 0 Å². The summed E-state index contributed by atoms with van der Waals surface area (Å²) in [5.74, 6) is 1.91. The Morgan fingerprint density at radius 3 is 1.38 bits per heavy atom. The van der Waals surface area contributed by atoms with Crippen LogP contribution in [0, 0.1) is 0 Å². The maximum absolute atomic E-state index is 5.19. The fourth-order valence-corrected chi connectivity index (χ4v) is 8.35. The SMILES string of the molecule is c1ccc(-c2nc(-c3cccc(-c4ccc5c(c4)C(c4ccccc4)(c4ccccc4)c4ccccc4-5)c3)nc(-c3ccccc3-c3ccccc3)n2)cc1. The van der Waals surface area contributed by atoms with Crippen molar-refractivity contribution >= 4 is 0 Å². The fraction of sp³-hybridized carbons (Fsp3) is 0.0192. The molecule has 1 aromatic heterocycles. The van der Waals surface area contributed by atoms with E-state index in [9.17, 15) is 0 Å². The zero-order valence-electron chi connectivity index (χ0n) is 30.0. The maximum atomic E-state index is 5.19. The zero-order chi connectivity index (χ0) is 36.6. The van der Waals surface area contributed by atoms with E-state index in [0.29, 0.717) is 17.5 Å². The first-order valence-electron chi connectivity index (χ1n) is 18.7. The number of hydrogen-bond donors (Lipinski definition) is 0. The molecule has 0 N–H and O–H groups in total. The van der Waals surface area contributed by atoms with Crippen molar-refractivity contribution < 1.29 is 0 Å². The summed E-state index contributed by atoms with van der Waals surface area (Å²) in [7, 11) is 0. The molecule has 0 spiro atoms. The number of benzene rings is 8. The van der Waals surface area contributed by atoms with Gasteiger partial charge in [-0.15, -0.1) is 0 Å². The van der Waals surface area contributed by atoms with E-state index in [1.165, 1.54) is 33.4 Å². The lowest BCUT2D eigenvalue weighted by molar-refractivity contribution is 0.769. The maximum Gasteiger partial charge on any atom is 0.164 e. The van der Waals surface area contributed by atoms with Gasteiger partial charge in [-0.25, -0.2) is 15.0 Å². The third kappa shape index (κ3) is 5.57. The summed E-state index contributed by atoms with van der Waals surface area (Å²) < 4.78 is 0. The first kappa shape index (κ1) is 32.4. The van der Waals surface area contributed by atoms with Gasteiger partial charge in [-0.05, 0) is 67.8 Å². The third-order valence-corrected chi connectivity index (χ3v) is 10.8. The van der Waals surface area contributed by atoms with Crippen LogP contribution in [0.4, 0.5) is 0 Å². The van der Waals surface area contributed by atoms with Crippen molar-refractivity contribution in [3.05, 3.63) is 235 Å². The lowest BCUT2D eigenvalue weighted by Crippen LogP contribution is -2.28. The van der Waals surface area contributed by atoms with E-state index in [1.54, 1.807) is 0 Å². The standard InChI is InChI=1S/C52H35N3/c1-5-18-36(19-6-1)43-28-13-14-30-46(43)51-54-49(37-20-7-2-8-21-37)53-50(55-51)40-23-17-22-38(34-40)39-32-33-45-44-29-15-16-31-47(44)52(48(45)35-39,41-24-9-3-10-25-41)42-26-11-4-12-27-42/h1-35H. The molecule has 3 heteroatoms. The van der Waals surface area contributed by atoms with Gasteiger partial charge >= 0.3 is 0 Å². The molecule has 0 atom stereocenters. The summed E-state index contributed by atoms with van der Waals surface area (Å²) in [5.41, 5.74) is 14.4. The second-order valence-corrected chi connectivity index (χ2v) is 14.0. The molecule has 0 aliphatic heterocycles. The second-order valence-electron chi connectivity index (χ2n) is 14.0. The molecule has 0 bridgehead atoms. The normalized spacial score (nSPS) is 12.5. The molecule has 0 fully saturated rings. The zero-order valence-corrected chi connectivity index (χ0v) is 30.0. The van der Waals surface area contributed by atoms with Crippen molar-refractivity contribution in [2.24, 2.45) is 0 Å². The largest absolute Gasteiger partial charge is 0.208 e. The minimum atomic E-state index is -0.470. The van der Waals surface area contributed by atoms with Crippen LogP contribution in [0.1, 0.15) is 22.3 Å². The molecule has 258 valence electrons. The fourth-order valence-electron chi connectivity index (χ4n) is 8.35. The Hall–Kier alpha value is -7.23. The van der Waals surface area contributed by atoms with E-state index in [2.05, 4.69) is 182 Å². The highest BCUT2D eigenvalue weighted by Crippen LogP contribution is 2.56. The van der Waals surface area contributed by atoms with Crippen LogP contribution in [-0.2, 0) is 5.41 Å². The number of rotatable bonds is 7. The van der Waals surface area contributed by atoms with Crippen LogP contribution in [0.5, 0.6) is 0 Å². The lowest BCUT2D eigenvalue weighted by Gasteiger charge is -2.34. The predicted molar refractivity (Wildman–Crippen MR) is 224 cm³/mol. The van der Waals surface area contributed by atoms with E-state index >= 15 is 0 Å². The Balaban J connectivity index is 1.14. The van der Waals surface area contributed by atoms with E-state index in [1.807, 2.05) is 30.3 Å². The van der Waals surface area contributed by atoms with Gasteiger partial charge in [0.05, 0.1) is 5.41 Å². The predicted octanol–water partition coefficient (Wildman–Crippen LogP) is 12.6. The van der Waals surface area contributed by atoms with E-state index in [0.717, 1.165) is 38.9 Å². The Morgan fingerprint density at radius 2 is 0.709 bits per heavy atom. The first-order chi connectivity index (χ1) is 27.3. The average molecular weight is 702 g/mol. The lowest BCUT2D eigenvalue weighted by atomic mass is 9.67. The van der Waals surface area contributed by atoms with E-state index < -0.39 is 5.41 Å². The second kappa shape index (κ2) is 13.6. The van der Waals surface area contributed by atoms with Gasteiger partial charge in [-0.3, -0.25) is 0 Å². The van der Waals surface area contributed by atoms with Gasteiger partial charge in [0.1, 0.15) is 0 Å². The molecule has 1 aliphatic carbocycles. The van der Waals surface area contributed by atoms with Crippen molar-refractivity contribution in [3.8, 4) is 67.5 Å². The van der Waals surface area contributed by atoms with Crippen LogP contribution in [-0.4, -0.2) is 15.0 Å². The third-order valence-electron chi connectivity index (χ3n) is 10.8. The highest BCUT2D eigenvalue weighted by atomic mass is 15.0. The number of hydrogen-bond acceptors (Lipinski definition) is 3. The molecule has 1 heterocycles. The van der Waals surface area contributed by atoms with E-state index in [4.69, 9.17) is 15.0 Å². The molecule has 0 saturated heterocycles. The summed E-state index contributed by atoms with van der Waals surface area (Å²) >= 11 is 0. The average Bonchev–Trinajstić information content (AvgIpc) is 3.58. The molecule has 0 saturated carbocycles. The van der Waals surface area contributed by atoms with Crippen LogP contribution in [0.2, 0.25) is 0 Å². The highest BCUT2D eigenvalue weighted by Gasteiger charge is 2.46. The van der Waals surface area contributed by atoms with Crippen LogP contribution in [0.15, 0.2) is 212 Å². The molecule has 10 rings (SSSR count). The highest BCUT2D eigenvalue weighted by molar-refractivity contribution is 5.89. The minimum Gasteiger partial charge on any atom is -0.208 e. The molecule has 9 aromatic rings. The van der Waals surface area contributed by atoms with Gasteiger partial charge in [-0.2, -0.15) is 0 Å². The van der Waals surface area contributed by atoms with Crippen LogP contribution in [0.25, 0.3) is 67.5 Å². The summed E-state index contributed by atoms with van der Waals surface area (Å²) in [6.45, 7) is 0. The van der Waals surface area contributed by atoms with Gasteiger partial charge in [0.15, 0.2) is 17.5 Å². The topological polar surface area (TPSA) is 38.7 Å². The number of aromatic nitrogens is 3.